The van der Waals surface area contributed by atoms with Crippen molar-refractivity contribution in [2.75, 3.05) is 5.75 Å². The lowest BCUT2D eigenvalue weighted by molar-refractivity contribution is 0.830. The molecule has 1 aliphatic heterocycles. The number of hydrogen-bond donors (Lipinski definition) is 0. The van der Waals surface area contributed by atoms with Crippen LogP contribution in [-0.2, 0) is 0 Å². The van der Waals surface area contributed by atoms with Crippen molar-refractivity contribution in [2.24, 2.45) is 0 Å². The molecule has 0 radical (unpaired) electrons. The molecule has 2 aromatic carbocycles. The first kappa shape index (κ1) is 9.29. The monoisotopic (exact) mass is 214 g/mol. The van der Waals surface area contributed by atoms with Gasteiger partial charge in [-0.3, -0.25) is 0 Å². The number of fused-ring (bicyclic) bond motifs is 1. The summed E-state index contributed by atoms with van der Waals surface area (Å²) < 4.78 is 0. The molecular weight excluding hydrogens is 200 g/mol. The minimum Gasteiger partial charge on any atom is -0.154 e. The fourth-order valence-corrected chi connectivity index (χ4v) is 3.54. The summed E-state index contributed by atoms with van der Waals surface area (Å²) in [6.45, 7) is 0. The van der Waals surface area contributed by atoms with E-state index < -0.39 is 0 Å². The van der Waals surface area contributed by atoms with Crippen molar-refractivity contribution in [2.45, 2.75) is 18.1 Å². The van der Waals surface area contributed by atoms with Crippen LogP contribution in [-0.4, -0.2) is 5.75 Å². The third-order valence-electron chi connectivity index (χ3n) is 3.07. The lowest BCUT2D eigenvalue weighted by atomic mass is 10.0. The first-order valence-corrected chi connectivity index (χ1v) is 6.59. The normalized spacial score (nSPS) is 20.9. The summed E-state index contributed by atoms with van der Waals surface area (Å²) in [5.41, 5.74) is 1.51. The Balaban J connectivity index is 2.05. The van der Waals surface area contributed by atoms with Crippen LogP contribution < -0.4 is 0 Å². The Hall–Kier alpha value is -0.950. The standard InChI is InChI=1S/C14H14S/c1-2-5-12-10-13(8-7-11(12)4-1)14-6-3-9-15-14/h1-2,4-5,7-8,10,14H,3,6,9H2. The maximum atomic E-state index is 2.36. The van der Waals surface area contributed by atoms with E-state index in [1.807, 2.05) is 0 Å². The Morgan fingerprint density at radius 2 is 1.87 bits per heavy atom. The molecule has 0 bridgehead atoms. The molecule has 0 nitrogen and oxygen atoms in total. The molecule has 76 valence electrons. The largest absolute Gasteiger partial charge is 0.154 e. The van der Waals surface area contributed by atoms with Gasteiger partial charge in [0.25, 0.3) is 0 Å². The van der Waals surface area contributed by atoms with Gasteiger partial charge in [0.15, 0.2) is 0 Å². The quantitative estimate of drug-likeness (QED) is 0.677. The van der Waals surface area contributed by atoms with Crippen molar-refractivity contribution >= 4 is 22.5 Å². The second-order valence-electron chi connectivity index (χ2n) is 4.11. The summed E-state index contributed by atoms with van der Waals surface area (Å²) in [7, 11) is 0. The number of thioether (sulfide) groups is 1. The smallest absolute Gasteiger partial charge is 0.0297 e. The van der Waals surface area contributed by atoms with Gasteiger partial charge >= 0.3 is 0 Å². The fourth-order valence-electron chi connectivity index (χ4n) is 2.25. The maximum Gasteiger partial charge on any atom is 0.0297 e. The zero-order chi connectivity index (χ0) is 10.1. The van der Waals surface area contributed by atoms with E-state index in [4.69, 9.17) is 0 Å². The molecule has 1 aliphatic rings. The zero-order valence-electron chi connectivity index (χ0n) is 8.65. The molecule has 0 N–H and O–H groups in total. The molecule has 1 atom stereocenters. The maximum absolute atomic E-state index is 2.36. The number of rotatable bonds is 1. The summed E-state index contributed by atoms with van der Waals surface area (Å²) in [6, 6.07) is 15.5. The average molecular weight is 214 g/mol. The van der Waals surface area contributed by atoms with Crippen LogP contribution in [0.25, 0.3) is 10.8 Å². The molecule has 3 rings (SSSR count). The van der Waals surface area contributed by atoms with E-state index in [-0.39, 0.29) is 0 Å². The highest BCUT2D eigenvalue weighted by molar-refractivity contribution is 7.99. The van der Waals surface area contributed by atoms with Crippen molar-refractivity contribution in [1.29, 1.82) is 0 Å². The van der Waals surface area contributed by atoms with E-state index >= 15 is 0 Å². The highest BCUT2D eigenvalue weighted by atomic mass is 32.2. The van der Waals surface area contributed by atoms with E-state index in [2.05, 4.69) is 54.2 Å². The molecule has 1 saturated heterocycles. The van der Waals surface area contributed by atoms with Crippen LogP contribution >= 0.6 is 11.8 Å². The predicted octanol–water partition coefficient (Wildman–Crippen LogP) is 4.41. The number of benzene rings is 2. The number of hydrogen-bond acceptors (Lipinski definition) is 1. The molecule has 1 fully saturated rings. The Morgan fingerprint density at radius 1 is 1.00 bits per heavy atom. The molecule has 1 unspecified atom stereocenters. The zero-order valence-corrected chi connectivity index (χ0v) is 9.46. The predicted molar refractivity (Wildman–Crippen MR) is 68.4 cm³/mol. The first-order valence-electron chi connectivity index (χ1n) is 5.54. The lowest BCUT2D eigenvalue weighted by Gasteiger charge is -2.09. The van der Waals surface area contributed by atoms with E-state index in [0.29, 0.717) is 0 Å². The van der Waals surface area contributed by atoms with Crippen molar-refractivity contribution in [3.63, 3.8) is 0 Å². The van der Waals surface area contributed by atoms with Gasteiger partial charge in [-0.25, -0.2) is 0 Å². The van der Waals surface area contributed by atoms with E-state index in [0.717, 1.165) is 5.25 Å². The molecule has 1 heterocycles. The SMILES string of the molecule is c1ccc2cc(C3CCCS3)ccc2c1. The Morgan fingerprint density at radius 3 is 2.67 bits per heavy atom. The van der Waals surface area contributed by atoms with Gasteiger partial charge in [-0.05, 0) is 34.9 Å². The van der Waals surface area contributed by atoms with Crippen LogP contribution in [0.4, 0.5) is 0 Å². The van der Waals surface area contributed by atoms with Gasteiger partial charge in [-0.1, -0.05) is 42.5 Å². The Labute approximate surface area is 94.7 Å². The van der Waals surface area contributed by atoms with Gasteiger partial charge in [0.05, 0.1) is 0 Å². The van der Waals surface area contributed by atoms with Crippen molar-refractivity contribution in [3.8, 4) is 0 Å². The van der Waals surface area contributed by atoms with Gasteiger partial charge in [0.1, 0.15) is 0 Å². The summed E-state index contributed by atoms with van der Waals surface area (Å²) in [4.78, 5) is 0. The van der Waals surface area contributed by atoms with E-state index in [1.165, 1.54) is 34.9 Å². The fraction of sp³-hybridized carbons (Fsp3) is 0.286. The van der Waals surface area contributed by atoms with Crippen molar-refractivity contribution in [1.82, 2.24) is 0 Å². The topological polar surface area (TPSA) is 0 Å². The van der Waals surface area contributed by atoms with Gasteiger partial charge in [0, 0.05) is 5.25 Å². The molecule has 0 aromatic heterocycles. The van der Waals surface area contributed by atoms with Crippen LogP contribution in [0.2, 0.25) is 0 Å². The average Bonchev–Trinajstić information content (AvgIpc) is 2.82. The van der Waals surface area contributed by atoms with E-state index in [1.54, 1.807) is 0 Å². The minimum atomic E-state index is 0.745. The minimum absolute atomic E-state index is 0.745. The summed E-state index contributed by atoms with van der Waals surface area (Å²) >= 11 is 2.10. The molecule has 1 heteroatoms. The van der Waals surface area contributed by atoms with Crippen molar-refractivity contribution in [3.05, 3.63) is 48.0 Å². The highest BCUT2D eigenvalue weighted by Gasteiger charge is 2.17. The second-order valence-corrected chi connectivity index (χ2v) is 5.42. The first-order chi connectivity index (χ1) is 7.43. The van der Waals surface area contributed by atoms with Gasteiger partial charge in [0.2, 0.25) is 0 Å². The summed E-state index contributed by atoms with van der Waals surface area (Å²) in [5, 5.41) is 3.47. The van der Waals surface area contributed by atoms with Gasteiger partial charge < -0.3 is 0 Å². The highest BCUT2D eigenvalue weighted by Crippen LogP contribution is 2.40. The molecule has 0 saturated carbocycles. The molecule has 0 aliphatic carbocycles. The van der Waals surface area contributed by atoms with Gasteiger partial charge in [-0.2, -0.15) is 11.8 Å². The van der Waals surface area contributed by atoms with Crippen molar-refractivity contribution < 1.29 is 0 Å². The summed E-state index contributed by atoms with van der Waals surface area (Å²) in [6.07, 6.45) is 2.73. The molecule has 0 spiro atoms. The molecular formula is C14H14S. The van der Waals surface area contributed by atoms with E-state index in [9.17, 15) is 0 Å². The van der Waals surface area contributed by atoms with Crippen LogP contribution in [0.15, 0.2) is 42.5 Å². The lowest BCUT2D eigenvalue weighted by Crippen LogP contribution is -1.87. The molecule has 0 amide bonds. The van der Waals surface area contributed by atoms with Gasteiger partial charge in [-0.15, -0.1) is 0 Å². The Bertz CT molecular complexity index is 469. The third kappa shape index (κ3) is 1.76. The van der Waals surface area contributed by atoms with Crippen LogP contribution in [0.5, 0.6) is 0 Å². The molecule has 15 heavy (non-hydrogen) atoms. The van der Waals surface area contributed by atoms with Crippen LogP contribution in [0, 0.1) is 0 Å². The second kappa shape index (κ2) is 3.90. The Kier molecular flexibility index (Phi) is 2.41. The van der Waals surface area contributed by atoms with Crippen LogP contribution in [0.3, 0.4) is 0 Å². The van der Waals surface area contributed by atoms with Crippen LogP contribution in [0.1, 0.15) is 23.7 Å². The third-order valence-corrected chi connectivity index (χ3v) is 4.51. The molecule has 2 aromatic rings. The summed E-state index contributed by atoms with van der Waals surface area (Å²) in [5.74, 6) is 1.33.